The lowest BCUT2D eigenvalue weighted by atomic mass is 10.2. The molecule has 25 heavy (non-hydrogen) atoms. The van der Waals surface area contributed by atoms with Gasteiger partial charge in [0.05, 0.1) is 26.8 Å². The topological polar surface area (TPSA) is 79.8 Å². The monoisotopic (exact) mass is 373 g/mol. The second kappa shape index (κ2) is 7.28. The molecule has 2 N–H and O–H groups in total. The standard InChI is InChI=1S/C17H19N5OS2/c1-9(2)19-16(23)12-5-6-14(18-7-12)22-17-21-13(8-24-17)15-10(3)20-11(4)25-15/h5-9H,1-4H3,(H,19,23)(H,18,21,22). The average molecular weight is 374 g/mol. The molecule has 0 radical (unpaired) electrons. The molecule has 3 aromatic rings. The summed E-state index contributed by atoms with van der Waals surface area (Å²) in [6.45, 7) is 7.84. The highest BCUT2D eigenvalue weighted by molar-refractivity contribution is 7.16. The molecular weight excluding hydrogens is 354 g/mol. The van der Waals surface area contributed by atoms with Crippen LogP contribution in [0.2, 0.25) is 0 Å². The number of hydrogen-bond donors (Lipinski definition) is 2. The quantitative estimate of drug-likeness (QED) is 0.702. The number of nitrogens with zero attached hydrogens (tertiary/aromatic N) is 3. The van der Waals surface area contributed by atoms with E-state index < -0.39 is 0 Å². The highest BCUT2D eigenvalue weighted by Crippen LogP contribution is 2.32. The van der Waals surface area contributed by atoms with Crippen molar-refractivity contribution >= 4 is 39.5 Å². The molecule has 8 heteroatoms. The molecule has 0 unspecified atom stereocenters. The van der Waals surface area contributed by atoms with Gasteiger partial charge >= 0.3 is 0 Å². The molecule has 0 aliphatic heterocycles. The van der Waals surface area contributed by atoms with E-state index in [1.54, 1.807) is 29.7 Å². The first kappa shape index (κ1) is 17.5. The fraction of sp³-hybridized carbons (Fsp3) is 0.294. The normalized spacial score (nSPS) is 10.9. The van der Waals surface area contributed by atoms with Crippen molar-refractivity contribution in [2.75, 3.05) is 5.32 Å². The van der Waals surface area contributed by atoms with E-state index >= 15 is 0 Å². The molecule has 1 amide bonds. The summed E-state index contributed by atoms with van der Waals surface area (Å²) in [5.41, 5.74) is 2.45. The van der Waals surface area contributed by atoms with Gasteiger partial charge < -0.3 is 10.6 Å². The maximum absolute atomic E-state index is 11.9. The number of thiazole rings is 2. The Balaban J connectivity index is 1.71. The number of nitrogens with one attached hydrogen (secondary N) is 2. The van der Waals surface area contributed by atoms with Gasteiger partial charge in [-0.1, -0.05) is 0 Å². The molecular formula is C17H19N5OS2. The number of aryl methyl sites for hydroxylation is 2. The summed E-state index contributed by atoms with van der Waals surface area (Å²) in [7, 11) is 0. The molecule has 0 bridgehead atoms. The third-order valence-electron chi connectivity index (χ3n) is 3.32. The van der Waals surface area contributed by atoms with E-state index in [2.05, 4.69) is 25.6 Å². The molecule has 0 aromatic carbocycles. The van der Waals surface area contributed by atoms with Crippen LogP contribution in [0.4, 0.5) is 10.9 Å². The molecule has 3 aromatic heterocycles. The Hall–Kier alpha value is -2.32. The second-order valence-electron chi connectivity index (χ2n) is 5.87. The molecule has 0 aliphatic rings. The van der Waals surface area contributed by atoms with Crippen molar-refractivity contribution in [3.63, 3.8) is 0 Å². The summed E-state index contributed by atoms with van der Waals surface area (Å²) in [5, 5.41) is 9.82. The molecule has 0 spiro atoms. The largest absolute Gasteiger partial charge is 0.350 e. The van der Waals surface area contributed by atoms with Crippen molar-refractivity contribution in [3.05, 3.63) is 40.0 Å². The number of pyridine rings is 1. The first-order valence-electron chi connectivity index (χ1n) is 7.86. The molecule has 0 saturated heterocycles. The molecule has 3 heterocycles. The minimum atomic E-state index is -0.123. The predicted octanol–water partition coefficient (Wildman–Crippen LogP) is 4.16. The van der Waals surface area contributed by atoms with Crippen molar-refractivity contribution in [3.8, 4) is 10.6 Å². The molecule has 3 rings (SSSR count). The van der Waals surface area contributed by atoms with Crippen LogP contribution in [0.1, 0.15) is 34.9 Å². The van der Waals surface area contributed by atoms with E-state index in [-0.39, 0.29) is 11.9 Å². The van der Waals surface area contributed by atoms with Crippen LogP contribution in [0.15, 0.2) is 23.7 Å². The Morgan fingerprint density at radius 2 is 2.00 bits per heavy atom. The zero-order valence-electron chi connectivity index (χ0n) is 14.5. The Labute approximate surface area is 154 Å². The minimum absolute atomic E-state index is 0.0953. The lowest BCUT2D eigenvalue weighted by Crippen LogP contribution is -2.30. The van der Waals surface area contributed by atoms with E-state index in [0.29, 0.717) is 11.4 Å². The fourth-order valence-electron chi connectivity index (χ4n) is 2.26. The van der Waals surface area contributed by atoms with Gasteiger partial charge in [0.2, 0.25) is 0 Å². The van der Waals surface area contributed by atoms with Gasteiger partial charge in [-0.25, -0.2) is 15.0 Å². The van der Waals surface area contributed by atoms with Gasteiger partial charge in [0, 0.05) is 17.6 Å². The number of anilines is 2. The molecule has 0 aliphatic carbocycles. The summed E-state index contributed by atoms with van der Waals surface area (Å²) in [5.74, 6) is 0.529. The lowest BCUT2D eigenvalue weighted by Gasteiger charge is -2.08. The Morgan fingerprint density at radius 3 is 2.60 bits per heavy atom. The minimum Gasteiger partial charge on any atom is -0.350 e. The van der Waals surface area contributed by atoms with E-state index in [9.17, 15) is 4.79 Å². The number of hydrogen-bond acceptors (Lipinski definition) is 7. The highest BCUT2D eigenvalue weighted by atomic mass is 32.1. The molecule has 130 valence electrons. The third kappa shape index (κ3) is 4.21. The third-order valence-corrected chi connectivity index (χ3v) is 5.17. The maximum Gasteiger partial charge on any atom is 0.253 e. The van der Waals surface area contributed by atoms with Crippen LogP contribution in [-0.2, 0) is 0 Å². The molecule has 0 atom stereocenters. The average Bonchev–Trinajstić information content (AvgIpc) is 3.13. The van der Waals surface area contributed by atoms with Crippen LogP contribution in [0.3, 0.4) is 0 Å². The molecule has 0 saturated carbocycles. The van der Waals surface area contributed by atoms with Crippen LogP contribution in [0.25, 0.3) is 10.6 Å². The summed E-state index contributed by atoms with van der Waals surface area (Å²) in [6, 6.07) is 3.62. The van der Waals surface area contributed by atoms with E-state index in [4.69, 9.17) is 0 Å². The summed E-state index contributed by atoms with van der Waals surface area (Å²) >= 11 is 3.16. The van der Waals surface area contributed by atoms with Crippen molar-refractivity contribution in [2.24, 2.45) is 0 Å². The van der Waals surface area contributed by atoms with Gasteiger partial charge in [-0.05, 0) is 39.8 Å². The number of rotatable bonds is 5. The summed E-state index contributed by atoms with van der Waals surface area (Å²) < 4.78 is 0. The van der Waals surface area contributed by atoms with E-state index in [1.807, 2.05) is 33.1 Å². The van der Waals surface area contributed by atoms with Crippen molar-refractivity contribution < 1.29 is 4.79 Å². The fourth-order valence-corrected chi connectivity index (χ4v) is 3.93. The van der Waals surface area contributed by atoms with E-state index in [1.165, 1.54) is 11.3 Å². The van der Waals surface area contributed by atoms with Crippen LogP contribution in [0.5, 0.6) is 0 Å². The highest BCUT2D eigenvalue weighted by Gasteiger charge is 2.12. The van der Waals surface area contributed by atoms with Gasteiger partial charge in [0.1, 0.15) is 5.82 Å². The number of carbonyl (C=O) groups is 1. The van der Waals surface area contributed by atoms with Crippen molar-refractivity contribution in [1.82, 2.24) is 20.3 Å². The first-order valence-corrected chi connectivity index (χ1v) is 9.56. The first-order chi connectivity index (χ1) is 11.9. The van der Waals surface area contributed by atoms with E-state index in [0.717, 1.165) is 26.4 Å². The Morgan fingerprint density at radius 1 is 1.20 bits per heavy atom. The van der Waals surface area contributed by atoms with Gasteiger partial charge in [-0.15, -0.1) is 22.7 Å². The predicted molar refractivity (Wildman–Crippen MR) is 103 cm³/mol. The van der Waals surface area contributed by atoms with Crippen LogP contribution < -0.4 is 10.6 Å². The van der Waals surface area contributed by atoms with Gasteiger partial charge in [-0.2, -0.15) is 0 Å². The molecule has 6 nitrogen and oxygen atoms in total. The van der Waals surface area contributed by atoms with Crippen molar-refractivity contribution in [2.45, 2.75) is 33.7 Å². The van der Waals surface area contributed by atoms with Gasteiger partial charge in [0.15, 0.2) is 5.13 Å². The SMILES string of the molecule is Cc1nc(C)c(-c2csc(Nc3ccc(C(=O)NC(C)C)cn3)n2)s1. The Kier molecular flexibility index (Phi) is 5.10. The maximum atomic E-state index is 11.9. The molecule has 0 fully saturated rings. The zero-order valence-corrected chi connectivity index (χ0v) is 16.1. The van der Waals surface area contributed by atoms with Crippen LogP contribution >= 0.6 is 22.7 Å². The lowest BCUT2D eigenvalue weighted by molar-refractivity contribution is 0.0943. The van der Waals surface area contributed by atoms with Gasteiger partial charge in [0.25, 0.3) is 5.91 Å². The number of amides is 1. The van der Waals surface area contributed by atoms with Crippen molar-refractivity contribution in [1.29, 1.82) is 0 Å². The number of aromatic nitrogens is 3. The van der Waals surface area contributed by atoms with Gasteiger partial charge in [-0.3, -0.25) is 4.79 Å². The Bertz CT molecular complexity index is 883. The summed E-state index contributed by atoms with van der Waals surface area (Å²) in [4.78, 5) is 26.4. The second-order valence-corrected chi connectivity index (χ2v) is 7.93. The zero-order chi connectivity index (χ0) is 18.0. The number of carbonyl (C=O) groups excluding carboxylic acids is 1. The smallest absolute Gasteiger partial charge is 0.253 e. The summed E-state index contributed by atoms with van der Waals surface area (Å²) in [6.07, 6.45) is 1.56. The van der Waals surface area contributed by atoms with Crippen LogP contribution in [-0.4, -0.2) is 26.9 Å². The van der Waals surface area contributed by atoms with Crippen LogP contribution in [0, 0.1) is 13.8 Å².